The van der Waals surface area contributed by atoms with E-state index in [1.54, 1.807) is 0 Å². The van der Waals surface area contributed by atoms with Crippen LogP contribution in [0.2, 0.25) is 19.6 Å². The monoisotopic (exact) mass is 923 g/mol. The van der Waals surface area contributed by atoms with Crippen LogP contribution in [0, 0.1) is 23.5 Å². The van der Waals surface area contributed by atoms with E-state index in [0.29, 0.717) is 11.6 Å². The van der Waals surface area contributed by atoms with Crippen molar-refractivity contribution in [3.05, 3.63) is 133 Å². The van der Waals surface area contributed by atoms with Gasteiger partial charge in [0.2, 0.25) is 5.71 Å². The van der Waals surface area contributed by atoms with Gasteiger partial charge in [-0.1, -0.05) is 131 Å². The van der Waals surface area contributed by atoms with E-state index < -0.39 is 25.8 Å². The average molecular weight is 923 g/mol. The average Bonchev–Trinajstić information content (AvgIpc) is 3.59. The molecule has 7 aromatic rings. The number of nitrogens with zero attached hydrogens (tertiary/aromatic N) is 3. The molecular weight excluding hydrogens is 867 g/mol. The van der Waals surface area contributed by atoms with Crippen molar-refractivity contribution in [2.75, 3.05) is 0 Å². The molecule has 1 unspecified atom stereocenters. The summed E-state index contributed by atoms with van der Waals surface area (Å²) in [5, 5.41) is 3.08. The van der Waals surface area contributed by atoms with Gasteiger partial charge in [0.05, 0.1) is 13.7 Å². The maximum Gasteiger partial charge on any atom is 0.216 e. The topological polar surface area (TPSA) is 51.8 Å². The molecule has 0 spiro atoms. The molecular formula is C49H53IrN3OSi-2. The largest absolute Gasteiger partial charge is 0.486 e. The van der Waals surface area contributed by atoms with Crippen LogP contribution in [0.15, 0.2) is 114 Å². The predicted molar refractivity (Wildman–Crippen MR) is 229 cm³/mol. The van der Waals surface area contributed by atoms with Crippen LogP contribution >= 0.6 is 0 Å². The van der Waals surface area contributed by atoms with E-state index in [1.165, 1.54) is 19.3 Å². The first kappa shape index (κ1) is 36.4. The zero-order valence-electron chi connectivity index (χ0n) is 36.1. The number of rotatable bonds is 7. The third-order valence-electron chi connectivity index (χ3n) is 10.3. The molecule has 4 heterocycles. The number of hydrogen-bond donors (Lipinski definition) is 0. The fourth-order valence-corrected chi connectivity index (χ4v) is 8.84. The van der Waals surface area contributed by atoms with Crippen molar-refractivity contribution >= 4 is 35.3 Å². The Morgan fingerprint density at radius 1 is 0.818 bits per heavy atom. The molecule has 1 aliphatic rings. The summed E-state index contributed by atoms with van der Waals surface area (Å²) < 4.78 is 32.9. The molecule has 0 bridgehead atoms. The van der Waals surface area contributed by atoms with Crippen LogP contribution in [0.4, 0.5) is 0 Å². The molecule has 1 aliphatic carbocycles. The van der Waals surface area contributed by atoms with Crippen molar-refractivity contribution in [3.8, 4) is 33.6 Å². The van der Waals surface area contributed by atoms with Crippen molar-refractivity contribution in [2.24, 2.45) is 11.3 Å². The molecule has 1 fully saturated rings. The Hall–Kier alpha value is -4.22. The molecule has 285 valence electrons. The summed E-state index contributed by atoms with van der Waals surface area (Å²) in [6.07, 6.45) is 10.1. The summed E-state index contributed by atoms with van der Waals surface area (Å²) in [5.74, 6) is -0.255. The minimum atomic E-state index is -1.70. The molecule has 1 atom stereocenters. The van der Waals surface area contributed by atoms with Crippen molar-refractivity contribution < 1.29 is 28.6 Å². The zero-order valence-corrected chi connectivity index (χ0v) is 36.5. The molecule has 0 saturated heterocycles. The van der Waals surface area contributed by atoms with E-state index in [4.69, 9.17) is 7.16 Å². The number of fused-ring (bicyclic) bond motifs is 3. The van der Waals surface area contributed by atoms with Gasteiger partial charge in [-0.15, -0.1) is 54.1 Å². The van der Waals surface area contributed by atoms with Crippen LogP contribution < -0.4 is 5.19 Å². The molecule has 0 aliphatic heterocycles. The van der Waals surface area contributed by atoms with Crippen LogP contribution in [-0.2, 0) is 26.5 Å². The van der Waals surface area contributed by atoms with Gasteiger partial charge < -0.3 is 14.4 Å². The quantitative estimate of drug-likeness (QED) is 0.118. The molecule has 0 N–H and O–H groups in total. The minimum absolute atomic E-state index is 0. The van der Waals surface area contributed by atoms with Gasteiger partial charge >= 0.3 is 0 Å². The van der Waals surface area contributed by atoms with E-state index in [1.807, 2.05) is 106 Å². The molecule has 55 heavy (non-hydrogen) atoms. The van der Waals surface area contributed by atoms with Gasteiger partial charge in [0.25, 0.3) is 0 Å². The normalized spacial score (nSPS) is 15.9. The fraction of sp³-hybridized carbons (Fsp3) is 0.327. The first-order valence-corrected chi connectivity index (χ1v) is 22.8. The molecule has 1 radical (unpaired) electrons. The third-order valence-corrected chi connectivity index (χ3v) is 12.3. The minimum Gasteiger partial charge on any atom is -0.486 e. The van der Waals surface area contributed by atoms with E-state index >= 15 is 0 Å². The third kappa shape index (κ3) is 9.60. The van der Waals surface area contributed by atoms with Crippen molar-refractivity contribution in [1.82, 2.24) is 15.0 Å². The molecule has 1 saturated carbocycles. The van der Waals surface area contributed by atoms with Gasteiger partial charge in [0, 0.05) is 53.8 Å². The van der Waals surface area contributed by atoms with Crippen LogP contribution in [0.25, 0.3) is 55.7 Å². The Balaban J connectivity index is 0.000000208. The van der Waals surface area contributed by atoms with Crippen molar-refractivity contribution in [3.63, 3.8) is 0 Å². The Morgan fingerprint density at radius 2 is 1.58 bits per heavy atom. The molecule has 8 rings (SSSR count). The van der Waals surface area contributed by atoms with Gasteiger partial charge in [0.15, 0.2) is 0 Å². The number of benzene rings is 3. The standard InChI is InChI=1S/C30H27N2O.C19H26NSi.Ir/c1-20(21-9-4-2-5-10-21)23-15-16-31-28(18-23)26-14-8-13-25-27-17-24(22-11-6-3-7-12-22)19-32-30(27)33-29(25)26;1-19(2,3)13-16-12-17(15-10-8-7-9-11-15)20-14-18(16)21(4,5)6;/h3,6-8,11-13,15-21H,2,4-5,9-10H2,1H3;7-10,12,14H,13H2,1-6H3;/q2*-1;/i20D;13D2;. The SMILES string of the molecule is [2H]C(C)(c1ccnc(-c2[c-]ccc3c2oc2ncc(-c4ccccc4)cc23)c1)C1CCCCC1.[2H]C([2H])(c1cc(-c2[c-]cccc2)ncc1[Si](C)(C)C)C(C)(C)C.[Ir]. The van der Waals surface area contributed by atoms with Crippen LogP contribution in [0.3, 0.4) is 0 Å². The van der Waals surface area contributed by atoms with Crippen LogP contribution in [0.1, 0.15) is 80.9 Å². The smallest absolute Gasteiger partial charge is 0.216 e. The second kappa shape index (κ2) is 17.3. The van der Waals surface area contributed by atoms with Crippen molar-refractivity contribution in [2.45, 2.75) is 91.7 Å². The van der Waals surface area contributed by atoms with Crippen LogP contribution in [0.5, 0.6) is 0 Å². The Morgan fingerprint density at radius 3 is 2.29 bits per heavy atom. The summed E-state index contributed by atoms with van der Waals surface area (Å²) in [7, 11) is -1.70. The predicted octanol–water partition coefficient (Wildman–Crippen LogP) is 12.9. The first-order chi connectivity index (χ1) is 27.1. The maximum absolute atomic E-state index is 9.21. The Bertz CT molecular complexity index is 2490. The molecule has 4 nitrogen and oxygen atoms in total. The van der Waals surface area contributed by atoms with E-state index in [-0.39, 0.29) is 20.1 Å². The van der Waals surface area contributed by atoms with E-state index in [9.17, 15) is 1.37 Å². The van der Waals surface area contributed by atoms with Crippen molar-refractivity contribution in [1.29, 1.82) is 0 Å². The molecule has 6 heteroatoms. The van der Waals surface area contributed by atoms with Gasteiger partial charge in [-0.3, -0.25) is 0 Å². The number of pyridine rings is 3. The number of aromatic nitrogens is 3. The zero-order chi connectivity index (χ0) is 40.6. The van der Waals surface area contributed by atoms with Gasteiger partial charge in [-0.05, 0) is 70.7 Å². The molecule has 0 amide bonds. The first-order valence-electron chi connectivity index (χ1n) is 20.8. The summed E-state index contributed by atoms with van der Waals surface area (Å²) in [6, 6.07) is 36.6. The fourth-order valence-electron chi connectivity index (χ4n) is 7.45. The summed E-state index contributed by atoms with van der Waals surface area (Å²) in [6.45, 7) is 14.6. The summed E-state index contributed by atoms with van der Waals surface area (Å²) in [4.78, 5) is 13.9. The van der Waals surface area contributed by atoms with Crippen LogP contribution in [-0.4, -0.2) is 23.0 Å². The second-order valence-electron chi connectivity index (χ2n) is 16.6. The maximum atomic E-state index is 9.21. The number of hydrogen-bond acceptors (Lipinski definition) is 4. The van der Waals surface area contributed by atoms with Gasteiger partial charge in [-0.2, -0.15) is 0 Å². The summed E-state index contributed by atoms with van der Waals surface area (Å²) in [5.41, 5.74) is 8.14. The second-order valence-corrected chi connectivity index (χ2v) is 21.6. The van der Waals surface area contributed by atoms with E-state index in [2.05, 4.69) is 77.9 Å². The Labute approximate surface area is 346 Å². The van der Waals surface area contributed by atoms with Gasteiger partial charge in [0.1, 0.15) is 0 Å². The summed E-state index contributed by atoms with van der Waals surface area (Å²) >= 11 is 0. The van der Waals surface area contributed by atoms with E-state index in [0.717, 1.165) is 79.2 Å². The molecule has 3 aromatic carbocycles. The Kier molecular flexibility index (Phi) is 11.4. The van der Waals surface area contributed by atoms with Gasteiger partial charge in [-0.25, -0.2) is 4.98 Å². The number of furan rings is 1. The molecule has 4 aromatic heterocycles.